The molecule has 106 valence electrons. The van der Waals surface area contributed by atoms with Crippen LogP contribution in [0.25, 0.3) is 0 Å². The molecule has 0 saturated heterocycles. The minimum absolute atomic E-state index is 0.0450. The van der Waals surface area contributed by atoms with E-state index in [9.17, 15) is 4.79 Å². The number of hydrogen-bond donors (Lipinski definition) is 1. The second kappa shape index (κ2) is 7.79. The van der Waals surface area contributed by atoms with Gasteiger partial charge in [0.1, 0.15) is 0 Å². The molecule has 1 unspecified atom stereocenters. The molecule has 1 aromatic rings. The number of anilines is 1. The highest BCUT2D eigenvalue weighted by Gasteiger charge is 2.21. The highest BCUT2D eigenvalue weighted by atomic mass is 16.5. The lowest BCUT2D eigenvalue weighted by molar-refractivity contribution is 0.0580. The summed E-state index contributed by atoms with van der Waals surface area (Å²) in [6, 6.07) is 7.69. The van der Waals surface area contributed by atoms with Crippen LogP contribution in [0.15, 0.2) is 24.3 Å². The van der Waals surface area contributed by atoms with Gasteiger partial charge in [0, 0.05) is 25.9 Å². The van der Waals surface area contributed by atoms with Gasteiger partial charge in [0.25, 0.3) is 5.91 Å². The van der Waals surface area contributed by atoms with Crippen LogP contribution in [0.4, 0.5) is 5.69 Å². The molecule has 0 saturated carbocycles. The van der Waals surface area contributed by atoms with Gasteiger partial charge in [-0.2, -0.15) is 0 Å². The van der Waals surface area contributed by atoms with E-state index in [0.717, 1.165) is 12.2 Å². The first-order chi connectivity index (χ1) is 9.15. The van der Waals surface area contributed by atoms with Crippen LogP contribution in [-0.4, -0.2) is 43.7 Å². The van der Waals surface area contributed by atoms with Crippen LogP contribution in [0.5, 0.6) is 0 Å². The molecule has 1 N–H and O–H groups in total. The number of para-hydroxylation sites is 1. The summed E-state index contributed by atoms with van der Waals surface area (Å²) in [6.45, 7) is 8.02. The van der Waals surface area contributed by atoms with Gasteiger partial charge in [-0.05, 0) is 32.9 Å². The van der Waals surface area contributed by atoms with Crippen LogP contribution in [0.2, 0.25) is 0 Å². The van der Waals surface area contributed by atoms with E-state index in [4.69, 9.17) is 4.74 Å². The fraction of sp³-hybridized carbons (Fsp3) is 0.533. The van der Waals surface area contributed by atoms with E-state index in [-0.39, 0.29) is 11.9 Å². The zero-order valence-electron chi connectivity index (χ0n) is 12.3. The molecule has 0 aliphatic heterocycles. The van der Waals surface area contributed by atoms with Gasteiger partial charge < -0.3 is 15.0 Å². The monoisotopic (exact) mass is 264 g/mol. The summed E-state index contributed by atoms with van der Waals surface area (Å²) in [4.78, 5) is 14.5. The quantitative estimate of drug-likeness (QED) is 0.823. The molecule has 0 aromatic heterocycles. The van der Waals surface area contributed by atoms with Crippen LogP contribution in [0.3, 0.4) is 0 Å². The molecule has 1 amide bonds. The zero-order valence-corrected chi connectivity index (χ0v) is 12.3. The van der Waals surface area contributed by atoms with Crippen LogP contribution in [-0.2, 0) is 4.74 Å². The average molecular weight is 264 g/mol. The van der Waals surface area contributed by atoms with E-state index >= 15 is 0 Å². The second-order valence-corrected chi connectivity index (χ2v) is 4.47. The van der Waals surface area contributed by atoms with Gasteiger partial charge in [-0.3, -0.25) is 4.79 Å². The maximum atomic E-state index is 12.6. The van der Waals surface area contributed by atoms with Crippen molar-refractivity contribution < 1.29 is 9.53 Å². The molecule has 0 aliphatic rings. The van der Waals surface area contributed by atoms with Gasteiger partial charge in [-0.15, -0.1) is 0 Å². The normalized spacial score (nSPS) is 12.0. The van der Waals surface area contributed by atoms with Gasteiger partial charge >= 0.3 is 0 Å². The van der Waals surface area contributed by atoms with E-state index in [1.165, 1.54) is 0 Å². The number of carbonyl (C=O) groups is 1. The van der Waals surface area contributed by atoms with E-state index in [2.05, 4.69) is 5.32 Å². The van der Waals surface area contributed by atoms with Crippen molar-refractivity contribution in [2.75, 3.05) is 32.1 Å². The zero-order chi connectivity index (χ0) is 14.3. The van der Waals surface area contributed by atoms with Crippen molar-refractivity contribution in [2.45, 2.75) is 26.8 Å². The lowest BCUT2D eigenvalue weighted by Gasteiger charge is -2.28. The number of methoxy groups -OCH3 is 1. The summed E-state index contributed by atoms with van der Waals surface area (Å²) in [5.74, 6) is 0.0450. The number of hydrogen-bond acceptors (Lipinski definition) is 3. The molecule has 0 spiro atoms. The van der Waals surface area contributed by atoms with Crippen molar-refractivity contribution in [3.63, 3.8) is 0 Å². The topological polar surface area (TPSA) is 41.6 Å². The molecule has 0 radical (unpaired) electrons. The third kappa shape index (κ3) is 3.96. The number of ether oxygens (including phenoxy) is 1. The first-order valence-corrected chi connectivity index (χ1v) is 6.78. The maximum absolute atomic E-state index is 12.6. The number of carbonyl (C=O) groups excluding carboxylic acids is 1. The highest BCUT2D eigenvalue weighted by Crippen LogP contribution is 2.18. The molecule has 19 heavy (non-hydrogen) atoms. The van der Waals surface area contributed by atoms with Crippen molar-refractivity contribution in [2.24, 2.45) is 0 Å². The molecule has 4 nitrogen and oxygen atoms in total. The van der Waals surface area contributed by atoms with E-state index in [1.807, 2.05) is 49.9 Å². The molecule has 4 heteroatoms. The summed E-state index contributed by atoms with van der Waals surface area (Å²) in [5, 5.41) is 3.23. The number of benzene rings is 1. The summed E-state index contributed by atoms with van der Waals surface area (Å²) >= 11 is 0. The smallest absolute Gasteiger partial charge is 0.256 e. The van der Waals surface area contributed by atoms with Gasteiger partial charge in [0.15, 0.2) is 0 Å². The molecular weight excluding hydrogens is 240 g/mol. The van der Waals surface area contributed by atoms with Gasteiger partial charge in [-0.25, -0.2) is 0 Å². The van der Waals surface area contributed by atoms with Crippen LogP contribution >= 0.6 is 0 Å². The van der Waals surface area contributed by atoms with Crippen molar-refractivity contribution in [3.8, 4) is 0 Å². The van der Waals surface area contributed by atoms with Gasteiger partial charge in [0.05, 0.1) is 18.2 Å². The van der Waals surface area contributed by atoms with E-state index < -0.39 is 0 Å². The number of amides is 1. The summed E-state index contributed by atoms with van der Waals surface area (Å²) in [6.07, 6.45) is 0. The third-order valence-electron chi connectivity index (χ3n) is 3.07. The molecule has 0 aliphatic carbocycles. The van der Waals surface area contributed by atoms with Gasteiger partial charge in [0.2, 0.25) is 0 Å². The first kappa shape index (κ1) is 15.5. The Morgan fingerprint density at radius 3 is 2.63 bits per heavy atom. The number of nitrogens with zero attached hydrogens (tertiary/aromatic N) is 1. The van der Waals surface area contributed by atoms with Crippen LogP contribution in [0, 0.1) is 0 Å². The number of nitrogens with one attached hydrogen (secondary N) is 1. The number of likely N-dealkylation sites (N-methyl/N-ethyl adjacent to an activating group) is 1. The Labute approximate surface area is 115 Å². The fourth-order valence-corrected chi connectivity index (χ4v) is 2.16. The lowest BCUT2D eigenvalue weighted by Crippen LogP contribution is -2.41. The Balaban J connectivity index is 2.97. The molecule has 1 atom stereocenters. The predicted molar refractivity (Wildman–Crippen MR) is 78.7 cm³/mol. The van der Waals surface area contributed by atoms with Crippen LogP contribution in [0.1, 0.15) is 31.1 Å². The molecule has 0 fully saturated rings. The SMILES string of the molecule is CCNc1ccccc1C(=O)N(CC)C(C)COC. The fourth-order valence-electron chi connectivity index (χ4n) is 2.16. The van der Waals surface area contributed by atoms with E-state index in [0.29, 0.717) is 18.7 Å². The van der Waals surface area contributed by atoms with Crippen molar-refractivity contribution in [1.29, 1.82) is 0 Å². The Hall–Kier alpha value is -1.55. The minimum atomic E-state index is 0.0450. The predicted octanol–water partition coefficient (Wildman–Crippen LogP) is 2.62. The van der Waals surface area contributed by atoms with Crippen molar-refractivity contribution in [3.05, 3.63) is 29.8 Å². The minimum Gasteiger partial charge on any atom is -0.385 e. The summed E-state index contributed by atoms with van der Waals surface area (Å²) in [7, 11) is 1.65. The highest BCUT2D eigenvalue weighted by molar-refractivity contribution is 5.99. The van der Waals surface area contributed by atoms with Crippen molar-refractivity contribution in [1.82, 2.24) is 4.90 Å². The molecule has 1 aromatic carbocycles. The Morgan fingerprint density at radius 1 is 1.37 bits per heavy atom. The molecule has 1 rings (SSSR count). The largest absolute Gasteiger partial charge is 0.385 e. The maximum Gasteiger partial charge on any atom is 0.256 e. The first-order valence-electron chi connectivity index (χ1n) is 6.78. The average Bonchev–Trinajstić information content (AvgIpc) is 2.40. The molecule has 0 heterocycles. The van der Waals surface area contributed by atoms with E-state index in [1.54, 1.807) is 7.11 Å². The molecular formula is C15H24N2O2. The molecule has 0 bridgehead atoms. The Morgan fingerprint density at radius 2 is 2.05 bits per heavy atom. The standard InChI is InChI=1S/C15H24N2O2/c1-5-16-14-10-8-7-9-13(14)15(18)17(6-2)12(3)11-19-4/h7-10,12,16H,5-6,11H2,1-4H3. The summed E-state index contributed by atoms with van der Waals surface area (Å²) < 4.78 is 5.14. The third-order valence-corrected chi connectivity index (χ3v) is 3.07. The Bertz CT molecular complexity index is 407. The Kier molecular flexibility index (Phi) is 6.36. The van der Waals surface area contributed by atoms with Crippen LogP contribution < -0.4 is 5.32 Å². The lowest BCUT2D eigenvalue weighted by atomic mass is 10.1. The van der Waals surface area contributed by atoms with Crippen molar-refractivity contribution >= 4 is 11.6 Å². The summed E-state index contributed by atoms with van der Waals surface area (Å²) in [5.41, 5.74) is 1.60. The second-order valence-electron chi connectivity index (χ2n) is 4.47. The van der Waals surface area contributed by atoms with Gasteiger partial charge in [-0.1, -0.05) is 12.1 Å². The number of rotatable bonds is 7.